The van der Waals surface area contributed by atoms with E-state index in [4.69, 9.17) is 5.73 Å². The molecule has 5 rings (SSSR count). The summed E-state index contributed by atoms with van der Waals surface area (Å²) in [4.78, 5) is 25.9. The molecule has 0 saturated heterocycles. The molecule has 0 bridgehead atoms. The molecule has 1 amide bonds. The molecule has 2 aromatic rings. The van der Waals surface area contributed by atoms with Crippen LogP contribution in [0.25, 0.3) is 11.1 Å². The Bertz CT molecular complexity index is 1430. The molecule has 8 heteroatoms. The molecule has 0 aliphatic heterocycles. The van der Waals surface area contributed by atoms with Crippen LogP contribution in [0.15, 0.2) is 59.1 Å². The maximum Gasteiger partial charge on any atom is 0.250 e. The van der Waals surface area contributed by atoms with Crippen molar-refractivity contribution in [1.82, 2.24) is 0 Å². The normalized spacial score (nSPS) is 26.6. The van der Waals surface area contributed by atoms with Gasteiger partial charge in [-0.2, -0.15) is 0 Å². The molecule has 0 saturated carbocycles. The van der Waals surface area contributed by atoms with Crippen molar-refractivity contribution in [3.05, 3.63) is 70.2 Å². The molecular weight excluding hydrogens is 496 g/mol. The molecule has 0 aromatic heterocycles. The smallest absolute Gasteiger partial charge is 0.250 e. The third kappa shape index (κ3) is 4.46. The summed E-state index contributed by atoms with van der Waals surface area (Å²) in [6.45, 7) is 8.62. The van der Waals surface area contributed by atoms with Crippen LogP contribution in [-0.2, 0) is 11.2 Å². The fourth-order valence-corrected chi connectivity index (χ4v) is 6.71. The summed E-state index contributed by atoms with van der Waals surface area (Å²) in [5, 5.41) is 47.4. The molecule has 8 nitrogen and oxygen atoms in total. The number of aliphatic hydroxyl groups is 3. The highest BCUT2D eigenvalue weighted by molar-refractivity contribution is 6.14. The lowest BCUT2D eigenvalue weighted by Gasteiger charge is -2.48. The number of hydrogen-bond donors (Lipinski definition) is 6. The summed E-state index contributed by atoms with van der Waals surface area (Å²) in [5.41, 5.74) is 6.98. The molecule has 206 valence electrons. The van der Waals surface area contributed by atoms with E-state index in [1.165, 1.54) is 13.0 Å². The standard InChI is InChI=1S/C31H36N2O6/c1-30(2,3)14-33-18-7-5-15(6-8-18)19-9-10-21(34)24-20(19)12-16-11-17-13-22(35)26(29(32)38)31(4,39)25(17)28(37)23(16)27(24)36/h5-10,16-17,25,33-35,37,39H,11-14H2,1-4H3,(H2,32,38)/t16?,17?,25?,31-/m1/s1. The molecule has 39 heavy (non-hydrogen) atoms. The molecular formula is C31H36N2O6. The summed E-state index contributed by atoms with van der Waals surface area (Å²) >= 11 is 0. The number of primary amides is 1. The van der Waals surface area contributed by atoms with Gasteiger partial charge >= 0.3 is 0 Å². The summed E-state index contributed by atoms with van der Waals surface area (Å²) < 4.78 is 0. The Balaban J connectivity index is 1.55. The maximum absolute atomic E-state index is 13.8. The minimum atomic E-state index is -1.95. The molecule has 2 aromatic carbocycles. The first-order valence-electron chi connectivity index (χ1n) is 13.3. The monoisotopic (exact) mass is 532 g/mol. The predicted octanol–water partition coefficient (Wildman–Crippen LogP) is 4.77. The lowest BCUT2D eigenvalue weighted by atomic mass is 9.58. The molecule has 4 atom stereocenters. The summed E-state index contributed by atoms with van der Waals surface area (Å²) in [5.74, 6) is -3.99. The SMILES string of the molecule is CC(C)(C)CNc1ccc(-c2ccc(O)c3c2CC2CC4CC(O)=C(C(N)=O)[C@](C)(O)C4C(O)=C2C3=O)cc1. The van der Waals surface area contributed by atoms with E-state index in [1.54, 1.807) is 6.07 Å². The quantitative estimate of drug-likeness (QED) is 0.331. The summed E-state index contributed by atoms with van der Waals surface area (Å²) in [7, 11) is 0. The van der Waals surface area contributed by atoms with E-state index < -0.39 is 29.1 Å². The van der Waals surface area contributed by atoms with Crippen LogP contribution >= 0.6 is 0 Å². The van der Waals surface area contributed by atoms with Gasteiger partial charge in [-0.05, 0) is 71.9 Å². The second-order valence-corrected chi connectivity index (χ2v) is 12.5. The fourth-order valence-electron chi connectivity index (χ4n) is 6.71. The number of aliphatic hydroxyl groups excluding tert-OH is 2. The second kappa shape index (κ2) is 9.16. The number of nitrogens with two attached hydrogens (primary N) is 1. The van der Waals surface area contributed by atoms with Gasteiger partial charge in [-0.3, -0.25) is 9.59 Å². The first-order valence-corrected chi connectivity index (χ1v) is 13.3. The lowest BCUT2D eigenvalue weighted by molar-refractivity contribution is -0.119. The number of nitrogens with one attached hydrogen (secondary N) is 1. The van der Waals surface area contributed by atoms with Crippen molar-refractivity contribution in [2.45, 2.75) is 52.6 Å². The Labute approximate surface area is 227 Å². The number of phenolic OH excluding ortho intramolecular Hbond substituents is 1. The van der Waals surface area contributed by atoms with Crippen LogP contribution in [0.4, 0.5) is 5.69 Å². The van der Waals surface area contributed by atoms with E-state index in [1.807, 2.05) is 24.3 Å². The highest BCUT2D eigenvalue weighted by Crippen LogP contribution is 2.54. The minimum absolute atomic E-state index is 0.0594. The Morgan fingerprint density at radius 1 is 1.08 bits per heavy atom. The number of phenols is 1. The van der Waals surface area contributed by atoms with Crippen molar-refractivity contribution in [2.24, 2.45) is 28.9 Å². The minimum Gasteiger partial charge on any atom is -0.512 e. The van der Waals surface area contributed by atoms with E-state index in [0.717, 1.165) is 23.4 Å². The molecule has 0 spiro atoms. The van der Waals surface area contributed by atoms with Crippen molar-refractivity contribution >= 4 is 17.4 Å². The van der Waals surface area contributed by atoms with E-state index in [-0.39, 0.29) is 51.7 Å². The lowest BCUT2D eigenvalue weighted by Crippen LogP contribution is -2.52. The predicted molar refractivity (Wildman–Crippen MR) is 148 cm³/mol. The summed E-state index contributed by atoms with van der Waals surface area (Å²) in [6, 6.07) is 11.2. The van der Waals surface area contributed by atoms with E-state index in [9.17, 15) is 30.0 Å². The van der Waals surface area contributed by atoms with Crippen molar-refractivity contribution in [2.75, 3.05) is 11.9 Å². The topological polar surface area (TPSA) is 153 Å². The van der Waals surface area contributed by atoms with Gasteiger partial charge < -0.3 is 31.5 Å². The van der Waals surface area contributed by atoms with Gasteiger partial charge in [-0.15, -0.1) is 0 Å². The molecule has 0 radical (unpaired) electrons. The number of allylic oxidation sites excluding steroid dienone is 2. The Morgan fingerprint density at radius 2 is 1.74 bits per heavy atom. The number of fused-ring (bicyclic) bond motifs is 3. The summed E-state index contributed by atoms with van der Waals surface area (Å²) in [6.07, 6.45) is 0.864. The van der Waals surface area contributed by atoms with Gasteiger partial charge in [0.25, 0.3) is 5.91 Å². The maximum atomic E-state index is 13.8. The number of Topliss-reactive ketones (excluding diaryl/α,β-unsaturated/α-hetero) is 1. The van der Waals surface area contributed by atoms with Gasteiger partial charge in [-0.1, -0.05) is 39.0 Å². The van der Waals surface area contributed by atoms with Crippen LogP contribution in [0.3, 0.4) is 0 Å². The van der Waals surface area contributed by atoms with E-state index in [2.05, 4.69) is 26.1 Å². The van der Waals surface area contributed by atoms with Crippen molar-refractivity contribution in [1.29, 1.82) is 0 Å². The van der Waals surface area contributed by atoms with Crippen LogP contribution in [0, 0.1) is 23.2 Å². The van der Waals surface area contributed by atoms with Crippen LogP contribution in [0.2, 0.25) is 0 Å². The first-order chi connectivity index (χ1) is 18.2. The number of anilines is 1. The van der Waals surface area contributed by atoms with E-state index in [0.29, 0.717) is 18.4 Å². The second-order valence-electron chi connectivity index (χ2n) is 12.5. The molecule has 3 aliphatic carbocycles. The van der Waals surface area contributed by atoms with Crippen molar-refractivity contribution < 1.29 is 30.0 Å². The third-order valence-corrected chi connectivity index (χ3v) is 8.37. The first kappa shape index (κ1) is 26.8. The average Bonchev–Trinajstić information content (AvgIpc) is 2.81. The molecule has 0 heterocycles. The zero-order valence-corrected chi connectivity index (χ0v) is 22.7. The van der Waals surface area contributed by atoms with Crippen LogP contribution in [0.5, 0.6) is 5.75 Å². The number of carbonyl (C=O) groups excluding carboxylic acids is 2. The van der Waals surface area contributed by atoms with E-state index >= 15 is 0 Å². The number of aromatic hydroxyl groups is 1. The van der Waals surface area contributed by atoms with Crippen LogP contribution in [-0.4, -0.2) is 44.3 Å². The van der Waals surface area contributed by atoms with Gasteiger partial charge in [0.15, 0.2) is 5.78 Å². The number of rotatable bonds is 4. The Morgan fingerprint density at radius 3 is 2.36 bits per heavy atom. The van der Waals surface area contributed by atoms with Crippen LogP contribution in [0.1, 0.15) is 56.5 Å². The highest BCUT2D eigenvalue weighted by atomic mass is 16.3. The Kier molecular flexibility index (Phi) is 6.30. The van der Waals surface area contributed by atoms with Gasteiger partial charge in [0, 0.05) is 24.2 Å². The highest BCUT2D eigenvalue weighted by Gasteiger charge is 2.55. The largest absolute Gasteiger partial charge is 0.512 e. The third-order valence-electron chi connectivity index (χ3n) is 8.37. The van der Waals surface area contributed by atoms with Gasteiger partial charge in [-0.25, -0.2) is 0 Å². The number of amides is 1. The van der Waals surface area contributed by atoms with Crippen LogP contribution < -0.4 is 11.1 Å². The number of carbonyl (C=O) groups is 2. The molecule has 3 aliphatic rings. The number of hydrogen-bond acceptors (Lipinski definition) is 7. The Hall–Kier alpha value is -3.78. The van der Waals surface area contributed by atoms with Gasteiger partial charge in [0.05, 0.1) is 17.1 Å². The fraction of sp³-hybridized carbons (Fsp3) is 0.419. The van der Waals surface area contributed by atoms with Crippen molar-refractivity contribution in [3.63, 3.8) is 0 Å². The molecule has 7 N–H and O–H groups in total. The number of ketones is 1. The van der Waals surface area contributed by atoms with Gasteiger partial charge in [0.2, 0.25) is 0 Å². The van der Waals surface area contributed by atoms with Gasteiger partial charge in [0.1, 0.15) is 22.9 Å². The molecule has 0 fully saturated rings. The zero-order chi connectivity index (χ0) is 28.4. The molecule has 3 unspecified atom stereocenters. The average molecular weight is 533 g/mol. The van der Waals surface area contributed by atoms with Crippen molar-refractivity contribution in [3.8, 4) is 16.9 Å². The zero-order valence-electron chi connectivity index (χ0n) is 22.7. The number of benzene rings is 2.